The highest BCUT2D eigenvalue weighted by Gasteiger charge is 1.97. The fourth-order valence-electron chi connectivity index (χ4n) is 1.61. The van der Waals surface area contributed by atoms with Crippen LogP contribution in [0.5, 0.6) is 5.75 Å². The van der Waals surface area contributed by atoms with Gasteiger partial charge in [-0.15, -0.1) is 11.6 Å². The van der Waals surface area contributed by atoms with Crippen LogP contribution in [0.2, 0.25) is 0 Å². The molecule has 3 nitrogen and oxygen atoms in total. The molecule has 0 aliphatic heterocycles. The van der Waals surface area contributed by atoms with Crippen LogP contribution in [0.3, 0.4) is 0 Å². The van der Waals surface area contributed by atoms with Crippen molar-refractivity contribution in [2.45, 2.75) is 12.8 Å². The van der Waals surface area contributed by atoms with Crippen LogP contribution < -0.4 is 4.74 Å². The Kier molecular flexibility index (Phi) is 5.88. The minimum Gasteiger partial charge on any atom is -0.492 e. The van der Waals surface area contributed by atoms with E-state index in [4.69, 9.17) is 16.3 Å². The second kappa shape index (κ2) is 8.19. The number of nitrogens with zero attached hydrogens (tertiary/aromatic N) is 2. The summed E-state index contributed by atoms with van der Waals surface area (Å²) in [5, 5.41) is 0. The standard InChI is InChI=1S/C16H15ClN2O/c17-7-2-1-3-15-11-16(13-19-12-15)20-10-6-14-4-8-18-9-5-14/h4-5,8-9,11-13H,2,6-7,10H2. The van der Waals surface area contributed by atoms with Gasteiger partial charge in [-0.3, -0.25) is 9.97 Å². The Labute approximate surface area is 124 Å². The predicted octanol–water partition coefficient (Wildman–Crippen LogP) is 3.08. The number of rotatable bonds is 5. The van der Waals surface area contributed by atoms with Crippen LogP contribution in [0, 0.1) is 11.8 Å². The molecule has 0 saturated heterocycles. The number of aromatic nitrogens is 2. The second-order valence-electron chi connectivity index (χ2n) is 4.10. The fraction of sp³-hybridized carbons (Fsp3) is 0.250. The summed E-state index contributed by atoms with van der Waals surface area (Å²) in [7, 11) is 0. The Balaban J connectivity index is 1.87. The summed E-state index contributed by atoms with van der Waals surface area (Å²) in [5.74, 6) is 7.26. The highest BCUT2D eigenvalue weighted by Crippen LogP contribution is 2.11. The average molecular weight is 287 g/mol. The van der Waals surface area contributed by atoms with Gasteiger partial charge in [0.05, 0.1) is 12.8 Å². The summed E-state index contributed by atoms with van der Waals surface area (Å²) in [4.78, 5) is 8.10. The van der Waals surface area contributed by atoms with E-state index in [-0.39, 0.29) is 0 Å². The lowest BCUT2D eigenvalue weighted by atomic mass is 10.2. The first kappa shape index (κ1) is 14.4. The van der Waals surface area contributed by atoms with Crippen molar-refractivity contribution in [2.24, 2.45) is 0 Å². The van der Waals surface area contributed by atoms with Crippen LogP contribution in [-0.4, -0.2) is 22.5 Å². The molecule has 0 radical (unpaired) electrons. The third-order valence-corrected chi connectivity index (χ3v) is 2.76. The molecule has 2 aromatic heterocycles. The molecule has 0 bridgehead atoms. The van der Waals surface area contributed by atoms with E-state index in [1.807, 2.05) is 18.2 Å². The molecule has 0 aliphatic rings. The van der Waals surface area contributed by atoms with Gasteiger partial charge in [0.25, 0.3) is 0 Å². The van der Waals surface area contributed by atoms with Gasteiger partial charge in [0.1, 0.15) is 5.75 Å². The molecule has 0 spiro atoms. The third-order valence-electron chi connectivity index (χ3n) is 2.57. The van der Waals surface area contributed by atoms with Crippen LogP contribution >= 0.6 is 11.6 Å². The molecule has 0 N–H and O–H groups in total. The summed E-state index contributed by atoms with van der Waals surface area (Å²) in [5.41, 5.74) is 2.04. The first-order chi connectivity index (χ1) is 9.88. The maximum atomic E-state index is 5.68. The van der Waals surface area contributed by atoms with Crippen molar-refractivity contribution in [1.82, 2.24) is 9.97 Å². The van der Waals surface area contributed by atoms with Crippen LogP contribution in [-0.2, 0) is 6.42 Å². The molecular weight excluding hydrogens is 272 g/mol. The Hall–Kier alpha value is -2.05. The number of alkyl halides is 1. The molecule has 20 heavy (non-hydrogen) atoms. The maximum absolute atomic E-state index is 5.68. The van der Waals surface area contributed by atoms with Crippen molar-refractivity contribution >= 4 is 11.6 Å². The van der Waals surface area contributed by atoms with E-state index in [0.717, 1.165) is 17.7 Å². The minimum absolute atomic E-state index is 0.544. The molecule has 4 heteroatoms. The average Bonchev–Trinajstić information content (AvgIpc) is 2.49. The van der Waals surface area contributed by atoms with E-state index >= 15 is 0 Å². The van der Waals surface area contributed by atoms with E-state index in [2.05, 4.69) is 21.8 Å². The zero-order valence-electron chi connectivity index (χ0n) is 11.1. The van der Waals surface area contributed by atoms with Gasteiger partial charge in [-0.1, -0.05) is 11.8 Å². The van der Waals surface area contributed by atoms with Crippen LogP contribution in [0.1, 0.15) is 17.5 Å². The molecule has 2 rings (SSSR count). The molecule has 0 atom stereocenters. The van der Waals surface area contributed by atoms with Crippen molar-refractivity contribution in [3.05, 3.63) is 54.1 Å². The quantitative estimate of drug-likeness (QED) is 0.626. The molecule has 0 unspecified atom stereocenters. The molecule has 2 aromatic rings. The Morgan fingerprint density at radius 1 is 1.15 bits per heavy atom. The normalized spacial score (nSPS) is 9.65. The summed E-state index contributed by atoms with van der Waals surface area (Å²) >= 11 is 5.58. The van der Waals surface area contributed by atoms with E-state index in [0.29, 0.717) is 18.9 Å². The summed E-state index contributed by atoms with van der Waals surface area (Å²) in [6.45, 7) is 0.601. The van der Waals surface area contributed by atoms with E-state index < -0.39 is 0 Å². The molecule has 2 heterocycles. The van der Waals surface area contributed by atoms with Gasteiger partial charge in [0.2, 0.25) is 0 Å². The SMILES string of the molecule is ClCCC#Cc1cncc(OCCc2ccncc2)c1. The molecule has 102 valence electrons. The number of ether oxygens (including phenoxy) is 1. The number of halogens is 1. The topological polar surface area (TPSA) is 35.0 Å². The van der Waals surface area contributed by atoms with Gasteiger partial charge in [-0.2, -0.15) is 0 Å². The van der Waals surface area contributed by atoms with Gasteiger partial charge < -0.3 is 4.74 Å². The first-order valence-electron chi connectivity index (χ1n) is 6.40. The fourth-order valence-corrected chi connectivity index (χ4v) is 1.71. The van der Waals surface area contributed by atoms with E-state index in [9.17, 15) is 0 Å². The molecule has 0 amide bonds. The monoisotopic (exact) mass is 286 g/mol. The lowest BCUT2D eigenvalue weighted by molar-refractivity contribution is 0.320. The zero-order chi connectivity index (χ0) is 14.0. The molecular formula is C16H15ClN2O. The highest BCUT2D eigenvalue weighted by atomic mass is 35.5. The summed E-state index contributed by atoms with van der Waals surface area (Å²) < 4.78 is 5.68. The Bertz CT molecular complexity index is 590. The number of pyridine rings is 2. The minimum atomic E-state index is 0.544. The van der Waals surface area contributed by atoms with Gasteiger partial charge in [-0.25, -0.2) is 0 Å². The van der Waals surface area contributed by atoms with E-state index in [1.165, 1.54) is 5.56 Å². The summed E-state index contributed by atoms with van der Waals surface area (Å²) in [6.07, 6.45) is 8.49. The maximum Gasteiger partial charge on any atom is 0.138 e. The smallest absolute Gasteiger partial charge is 0.138 e. The lowest BCUT2D eigenvalue weighted by Crippen LogP contribution is -2.01. The Morgan fingerprint density at radius 2 is 2.00 bits per heavy atom. The van der Waals surface area contributed by atoms with Gasteiger partial charge in [0, 0.05) is 42.9 Å². The lowest BCUT2D eigenvalue weighted by Gasteiger charge is -2.05. The van der Waals surface area contributed by atoms with Gasteiger partial charge >= 0.3 is 0 Å². The van der Waals surface area contributed by atoms with Crippen LogP contribution in [0.25, 0.3) is 0 Å². The van der Waals surface area contributed by atoms with Crippen molar-refractivity contribution in [1.29, 1.82) is 0 Å². The van der Waals surface area contributed by atoms with Gasteiger partial charge in [0.15, 0.2) is 0 Å². The van der Waals surface area contributed by atoms with E-state index in [1.54, 1.807) is 24.8 Å². The van der Waals surface area contributed by atoms with Crippen molar-refractivity contribution in [3.8, 4) is 17.6 Å². The Morgan fingerprint density at radius 3 is 2.80 bits per heavy atom. The van der Waals surface area contributed by atoms with Crippen molar-refractivity contribution in [2.75, 3.05) is 12.5 Å². The number of hydrogen-bond acceptors (Lipinski definition) is 3. The third kappa shape index (κ3) is 4.91. The molecule has 0 saturated carbocycles. The van der Waals surface area contributed by atoms with Gasteiger partial charge in [-0.05, 0) is 23.8 Å². The molecule has 0 aliphatic carbocycles. The van der Waals surface area contributed by atoms with Crippen LogP contribution in [0.15, 0.2) is 43.0 Å². The van der Waals surface area contributed by atoms with Crippen molar-refractivity contribution < 1.29 is 4.74 Å². The first-order valence-corrected chi connectivity index (χ1v) is 6.93. The molecule has 0 aromatic carbocycles. The highest BCUT2D eigenvalue weighted by molar-refractivity contribution is 6.18. The van der Waals surface area contributed by atoms with Crippen molar-refractivity contribution in [3.63, 3.8) is 0 Å². The predicted molar refractivity (Wildman–Crippen MR) is 79.9 cm³/mol. The number of hydrogen-bond donors (Lipinski definition) is 0. The molecule has 0 fully saturated rings. The largest absolute Gasteiger partial charge is 0.492 e. The van der Waals surface area contributed by atoms with Crippen LogP contribution in [0.4, 0.5) is 0 Å². The second-order valence-corrected chi connectivity index (χ2v) is 4.48. The summed E-state index contributed by atoms with van der Waals surface area (Å²) in [6, 6.07) is 5.85. The zero-order valence-corrected chi connectivity index (χ0v) is 11.8.